The fourth-order valence-electron chi connectivity index (χ4n) is 3.02. The van der Waals surface area contributed by atoms with E-state index in [0.717, 1.165) is 5.57 Å². The second-order valence-electron chi connectivity index (χ2n) is 7.32. The number of hydrogen-bond donors (Lipinski definition) is 1. The Morgan fingerprint density at radius 2 is 1.96 bits per heavy atom. The van der Waals surface area contributed by atoms with Crippen LogP contribution >= 0.6 is 0 Å². The van der Waals surface area contributed by atoms with Crippen LogP contribution in [0.4, 0.5) is 0 Å². The van der Waals surface area contributed by atoms with Gasteiger partial charge in [0.25, 0.3) is 0 Å². The highest BCUT2D eigenvalue weighted by Crippen LogP contribution is 2.40. The van der Waals surface area contributed by atoms with Gasteiger partial charge in [-0.3, -0.25) is 4.99 Å². The first kappa shape index (κ1) is 20.1. The highest BCUT2D eigenvalue weighted by Gasteiger charge is 2.26. The Labute approximate surface area is 146 Å². The van der Waals surface area contributed by atoms with Gasteiger partial charge in [0, 0.05) is 5.71 Å². The van der Waals surface area contributed by atoms with E-state index in [1.807, 2.05) is 25.2 Å². The number of nitrogens with zero attached hydrogens (tertiary/aromatic N) is 1. The van der Waals surface area contributed by atoms with E-state index in [1.165, 1.54) is 30.4 Å². The van der Waals surface area contributed by atoms with Crippen molar-refractivity contribution in [2.24, 2.45) is 10.4 Å². The van der Waals surface area contributed by atoms with Crippen LogP contribution in [-0.2, 0) is 4.79 Å². The van der Waals surface area contributed by atoms with Crippen LogP contribution in [0.3, 0.4) is 0 Å². The maximum Gasteiger partial charge on any atom is 0.328 e. The lowest BCUT2D eigenvalue weighted by molar-refractivity contribution is -0.137. The molecule has 0 spiro atoms. The third kappa shape index (κ3) is 6.31. The van der Waals surface area contributed by atoms with E-state index in [0.29, 0.717) is 5.71 Å². The van der Waals surface area contributed by atoms with E-state index < -0.39 is 12.0 Å². The molecule has 132 valence electrons. The molecular formula is C21H31NO2. The summed E-state index contributed by atoms with van der Waals surface area (Å²) in [5, 5.41) is 8.85. The molecule has 0 fully saturated rings. The first-order chi connectivity index (χ1) is 11.1. The first-order valence-corrected chi connectivity index (χ1v) is 8.64. The molecule has 0 amide bonds. The molecule has 0 aromatic heterocycles. The summed E-state index contributed by atoms with van der Waals surface area (Å²) in [5.41, 5.74) is 5.08. The van der Waals surface area contributed by atoms with E-state index in [4.69, 9.17) is 5.11 Å². The van der Waals surface area contributed by atoms with Crippen molar-refractivity contribution in [3.63, 3.8) is 0 Å². The number of allylic oxidation sites excluding steroid dienone is 8. The number of aliphatic carboxylic acids is 1. The molecule has 0 aromatic rings. The zero-order valence-electron chi connectivity index (χ0n) is 15.9. The van der Waals surface area contributed by atoms with Crippen LogP contribution in [0, 0.1) is 5.41 Å². The predicted octanol–water partition coefficient (Wildman–Crippen LogP) is 5.51. The lowest BCUT2D eigenvalue weighted by Gasteiger charge is -2.32. The third-order valence-electron chi connectivity index (χ3n) is 4.51. The molecule has 1 rings (SSSR count). The van der Waals surface area contributed by atoms with Gasteiger partial charge in [0.15, 0.2) is 0 Å². The Bertz CT molecular complexity index is 616. The van der Waals surface area contributed by atoms with Gasteiger partial charge in [-0.05, 0) is 64.0 Å². The fraction of sp³-hybridized carbons (Fsp3) is 0.524. The topological polar surface area (TPSA) is 49.7 Å². The normalized spacial score (nSPS) is 20.9. The van der Waals surface area contributed by atoms with Crippen molar-refractivity contribution < 1.29 is 9.90 Å². The Balaban J connectivity index is 2.77. The average molecular weight is 329 g/mol. The molecule has 1 aliphatic rings. The van der Waals surface area contributed by atoms with Gasteiger partial charge < -0.3 is 5.11 Å². The van der Waals surface area contributed by atoms with Crippen molar-refractivity contribution in [2.75, 3.05) is 0 Å². The average Bonchev–Trinajstić information content (AvgIpc) is 2.45. The van der Waals surface area contributed by atoms with Gasteiger partial charge in [0.2, 0.25) is 0 Å². The molecule has 0 heterocycles. The molecule has 0 bridgehead atoms. The monoisotopic (exact) mass is 329 g/mol. The molecule has 24 heavy (non-hydrogen) atoms. The van der Waals surface area contributed by atoms with Crippen LogP contribution in [0.1, 0.15) is 60.8 Å². The van der Waals surface area contributed by atoms with Crippen LogP contribution < -0.4 is 0 Å². The fourth-order valence-corrected chi connectivity index (χ4v) is 3.02. The number of hydrogen-bond acceptors (Lipinski definition) is 2. The zero-order valence-corrected chi connectivity index (χ0v) is 15.9. The predicted molar refractivity (Wildman–Crippen MR) is 103 cm³/mol. The van der Waals surface area contributed by atoms with Gasteiger partial charge in [0.1, 0.15) is 6.04 Å². The van der Waals surface area contributed by atoms with E-state index in [-0.39, 0.29) is 5.41 Å². The zero-order chi connectivity index (χ0) is 18.3. The molecule has 1 aliphatic carbocycles. The largest absolute Gasteiger partial charge is 0.480 e. The van der Waals surface area contributed by atoms with E-state index >= 15 is 0 Å². The van der Waals surface area contributed by atoms with Crippen molar-refractivity contribution in [3.05, 3.63) is 47.1 Å². The standard InChI is InChI=1S/C21H31NO2/c1-15(9-7-11-17(3)22-18(4)20(23)24)12-13-19-16(2)10-8-14-21(19,5)6/h7,9,11-13,18H,8,10,14H2,1-6H3,(H,23,24)/b11-7+,13-12+,15-9+,22-17-/t18-/m0/s1. The van der Waals surface area contributed by atoms with Crippen LogP contribution in [0.25, 0.3) is 0 Å². The number of carbonyl (C=O) groups is 1. The summed E-state index contributed by atoms with van der Waals surface area (Å²) in [6.07, 6.45) is 13.9. The molecule has 0 radical (unpaired) electrons. The van der Waals surface area contributed by atoms with Crippen molar-refractivity contribution in [2.45, 2.75) is 66.8 Å². The van der Waals surface area contributed by atoms with Crippen LogP contribution in [-0.4, -0.2) is 22.8 Å². The van der Waals surface area contributed by atoms with Gasteiger partial charge in [0.05, 0.1) is 0 Å². The molecule has 1 N–H and O–H groups in total. The van der Waals surface area contributed by atoms with E-state index in [9.17, 15) is 4.79 Å². The maximum atomic E-state index is 10.8. The van der Waals surface area contributed by atoms with Crippen LogP contribution in [0.2, 0.25) is 0 Å². The van der Waals surface area contributed by atoms with Gasteiger partial charge in [-0.1, -0.05) is 49.3 Å². The van der Waals surface area contributed by atoms with Gasteiger partial charge in [-0.15, -0.1) is 0 Å². The van der Waals surface area contributed by atoms with Crippen molar-refractivity contribution in [3.8, 4) is 0 Å². The third-order valence-corrected chi connectivity index (χ3v) is 4.51. The van der Waals surface area contributed by atoms with Crippen molar-refractivity contribution in [1.29, 1.82) is 0 Å². The SMILES string of the molecule is CC1=C(/C=C/C(C)=C/C=C/C(C)=N\[C@@H](C)C(=O)O)C(C)(C)CCC1. The van der Waals surface area contributed by atoms with Crippen molar-refractivity contribution >= 4 is 11.7 Å². The Morgan fingerprint density at radius 1 is 1.29 bits per heavy atom. The Kier molecular flexibility index (Phi) is 7.40. The Hall–Kier alpha value is -1.90. The number of rotatable bonds is 6. The minimum absolute atomic E-state index is 0.255. The Morgan fingerprint density at radius 3 is 2.54 bits per heavy atom. The summed E-state index contributed by atoms with van der Waals surface area (Å²) < 4.78 is 0. The highest BCUT2D eigenvalue weighted by atomic mass is 16.4. The van der Waals surface area contributed by atoms with Crippen molar-refractivity contribution in [1.82, 2.24) is 0 Å². The molecule has 0 aliphatic heterocycles. The number of carboxylic acid groups (broad SMARTS) is 1. The smallest absolute Gasteiger partial charge is 0.328 e. The quantitative estimate of drug-likeness (QED) is 0.516. The molecular weight excluding hydrogens is 298 g/mol. The number of aliphatic imine (C=N–C) groups is 1. The molecule has 3 nitrogen and oxygen atoms in total. The highest BCUT2D eigenvalue weighted by molar-refractivity contribution is 5.94. The molecule has 0 unspecified atom stereocenters. The number of carboxylic acids is 1. The van der Waals surface area contributed by atoms with E-state index in [2.05, 4.69) is 44.8 Å². The van der Waals surface area contributed by atoms with Gasteiger partial charge in [-0.2, -0.15) is 0 Å². The molecule has 0 saturated heterocycles. The second-order valence-corrected chi connectivity index (χ2v) is 7.32. The maximum absolute atomic E-state index is 10.8. The van der Waals surface area contributed by atoms with Gasteiger partial charge >= 0.3 is 5.97 Å². The van der Waals surface area contributed by atoms with Crippen LogP contribution in [0.5, 0.6) is 0 Å². The molecule has 1 atom stereocenters. The molecule has 3 heteroatoms. The minimum Gasteiger partial charge on any atom is -0.480 e. The summed E-state index contributed by atoms with van der Waals surface area (Å²) >= 11 is 0. The van der Waals surface area contributed by atoms with Crippen LogP contribution in [0.15, 0.2) is 52.1 Å². The minimum atomic E-state index is -0.906. The summed E-state index contributed by atoms with van der Waals surface area (Å²) in [4.78, 5) is 14.9. The summed E-state index contributed by atoms with van der Waals surface area (Å²) in [5.74, 6) is -0.906. The summed E-state index contributed by atoms with van der Waals surface area (Å²) in [6, 6.07) is -0.705. The lowest BCUT2D eigenvalue weighted by atomic mass is 9.72. The first-order valence-electron chi connectivity index (χ1n) is 8.64. The molecule has 0 saturated carbocycles. The molecule has 0 aromatic carbocycles. The van der Waals surface area contributed by atoms with Gasteiger partial charge in [-0.25, -0.2) is 4.79 Å². The lowest BCUT2D eigenvalue weighted by Crippen LogP contribution is -2.19. The summed E-state index contributed by atoms with van der Waals surface area (Å²) in [7, 11) is 0. The summed E-state index contributed by atoms with van der Waals surface area (Å²) in [6.45, 7) is 12.3. The van der Waals surface area contributed by atoms with E-state index in [1.54, 1.807) is 6.92 Å². The second kappa shape index (κ2) is 8.81.